The highest BCUT2D eigenvalue weighted by molar-refractivity contribution is 5.82. The average Bonchev–Trinajstić information content (AvgIpc) is 2.14. The molecule has 0 atom stereocenters. The fourth-order valence-electron chi connectivity index (χ4n) is 0.855. The molecule has 0 aliphatic carbocycles. The zero-order chi connectivity index (χ0) is 10.1. The summed E-state index contributed by atoms with van der Waals surface area (Å²) >= 11 is 0. The van der Waals surface area contributed by atoms with Crippen molar-refractivity contribution in [2.45, 2.75) is 46.0 Å². The van der Waals surface area contributed by atoms with Crippen molar-refractivity contribution in [1.29, 1.82) is 0 Å². The number of esters is 1. The monoisotopic (exact) mass is 186 g/mol. The van der Waals surface area contributed by atoms with Gasteiger partial charge in [-0.25, -0.2) is 0 Å². The summed E-state index contributed by atoms with van der Waals surface area (Å²) < 4.78 is 4.75. The Bertz CT molecular complexity index is 164. The van der Waals surface area contributed by atoms with E-state index in [0.717, 1.165) is 19.3 Å². The number of hydrogen-bond donors (Lipinski definition) is 0. The van der Waals surface area contributed by atoms with E-state index in [1.807, 2.05) is 0 Å². The molecular formula is C10H18O3. The standard InChI is InChI=1S/C10H18O3/c1-3-5-6-7-10(12)13-8-9(11)4-2/h3-8H2,1-2H3. The maximum absolute atomic E-state index is 11.0. The summed E-state index contributed by atoms with van der Waals surface area (Å²) in [7, 11) is 0. The molecule has 0 radical (unpaired) electrons. The largest absolute Gasteiger partial charge is 0.458 e. The van der Waals surface area contributed by atoms with Crippen molar-refractivity contribution in [3.05, 3.63) is 0 Å². The van der Waals surface area contributed by atoms with Crippen molar-refractivity contribution in [1.82, 2.24) is 0 Å². The summed E-state index contributed by atoms with van der Waals surface area (Å²) in [6, 6.07) is 0. The van der Waals surface area contributed by atoms with Crippen molar-refractivity contribution in [3.63, 3.8) is 0 Å². The fraction of sp³-hybridized carbons (Fsp3) is 0.800. The summed E-state index contributed by atoms with van der Waals surface area (Å²) in [4.78, 5) is 21.7. The second-order valence-electron chi connectivity index (χ2n) is 3.01. The third-order valence-corrected chi connectivity index (χ3v) is 1.77. The van der Waals surface area contributed by atoms with E-state index >= 15 is 0 Å². The number of unbranched alkanes of at least 4 members (excludes halogenated alkanes) is 2. The maximum Gasteiger partial charge on any atom is 0.306 e. The highest BCUT2D eigenvalue weighted by atomic mass is 16.5. The Hall–Kier alpha value is -0.860. The Balaban J connectivity index is 3.35. The number of Topliss-reactive ketones (excluding diaryl/α,β-unsaturated/α-hetero) is 1. The number of carbonyl (C=O) groups is 2. The van der Waals surface area contributed by atoms with Gasteiger partial charge in [0, 0.05) is 12.8 Å². The number of carbonyl (C=O) groups excluding carboxylic acids is 2. The van der Waals surface area contributed by atoms with E-state index in [-0.39, 0.29) is 18.4 Å². The Morgan fingerprint density at radius 1 is 1.15 bits per heavy atom. The molecular weight excluding hydrogens is 168 g/mol. The van der Waals surface area contributed by atoms with Gasteiger partial charge in [0.1, 0.15) is 6.61 Å². The zero-order valence-corrected chi connectivity index (χ0v) is 8.47. The lowest BCUT2D eigenvalue weighted by Crippen LogP contribution is -2.12. The molecule has 0 aromatic carbocycles. The van der Waals surface area contributed by atoms with Gasteiger partial charge in [0.25, 0.3) is 0 Å². The van der Waals surface area contributed by atoms with Gasteiger partial charge in [-0.15, -0.1) is 0 Å². The van der Waals surface area contributed by atoms with Gasteiger partial charge in [-0.2, -0.15) is 0 Å². The molecule has 0 saturated carbocycles. The van der Waals surface area contributed by atoms with E-state index in [4.69, 9.17) is 4.74 Å². The van der Waals surface area contributed by atoms with Gasteiger partial charge in [-0.05, 0) is 6.42 Å². The van der Waals surface area contributed by atoms with Crippen molar-refractivity contribution in [2.24, 2.45) is 0 Å². The quantitative estimate of drug-likeness (QED) is 0.451. The minimum Gasteiger partial charge on any atom is -0.458 e. The minimum absolute atomic E-state index is 0.0242. The molecule has 0 saturated heterocycles. The van der Waals surface area contributed by atoms with E-state index in [9.17, 15) is 9.59 Å². The average molecular weight is 186 g/mol. The molecule has 0 bridgehead atoms. The first-order valence-corrected chi connectivity index (χ1v) is 4.88. The Morgan fingerprint density at radius 2 is 1.85 bits per heavy atom. The smallest absolute Gasteiger partial charge is 0.306 e. The number of rotatable bonds is 7. The topological polar surface area (TPSA) is 43.4 Å². The predicted octanol–water partition coefficient (Wildman–Crippen LogP) is 2.09. The lowest BCUT2D eigenvalue weighted by molar-refractivity contribution is -0.148. The van der Waals surface area contributed by atoms with Crippen molar-refractivity contribution < 1.29 is 14.3 Å². The molecule has 0 amide bonds. The number of ether oxygens (including phenoxy) is 1. The fourth-order valence-corrected chi connectivity index (χ4v) is 0.855. The van der Waals surface area contributed by atoms with Crippen LogP contribution in [0.25, 0.3) is 0 Å². The summed E-state index contributed by atoms with van der Waals surface area (Å²) in [5.74, 6) is -0.279. The van der Waals surface area contributed by atoms with E-state index in [1.165, 1.54) is 0 Å². The SMILES string of the molecule is CCCCCC(=O)OCC(=O)CC. The van der Waals surface area contributed by atoms with Crippen LogP contribution in [0.5, 0.6) is 0 Å². The van der Waals surface area contributed by atoms with E-state index < -0.39 is 0 Å². The molecule has 0 aliphatic rings. The molecule has 0 fully saturated rings. The first-order chi connectivity index (χ1) is 6.20. The molecule has 0 aromatic rings. The Labute approximate surface area is 79.5 Å². The molecule has 3 heteroatoms. The third-order valence-electron chi connectivity index (χ3n) is 1.77. The number of ketones is 1. The highest BCUT2D eigenvalue weighted by Gasteiger charge is 2.04. The lowest BCUT2D eigenvalue weighted by Gasteiger charge is -2.02. The van der Waals surface area contributed by atoms with Crippen LogP contribution in [0.15, 0.2) is 0 Å². The Kier molecular flexibility index (Phi) is 7.26. The second-order valence-corrected chi connectivity index (χ2v) is 3.01. The summed E-state index contributed by atoms with van der Waals surface area (Å²) in [5, 5.41) is 0. The summed E-state index contributed by atoms with van der Waals surface area (Å²) in [6.07, 6.45) is 3.85. The summed E-state index contributed by atoms with van der Waals surface area (Å²) in [5.41, 5.74) is 0. The van der Waals surface area contributed by atoms with Crippen LogP contribution >= 0.6 is 0 Å². The Morgan fingerprint density at radius 3 is 2.38 bits per heavy atom. The van der Waals surface area contributed by atoms with Gasteiger partial charge in [0.05, 0.1) is 0 Å². The van der Waals surface area contributed by atoms with Crippen molar-refractivity contribution in [2.75, 3.05) is 6.61 Å². The van der Waals surface area contributed by atoms with Crippen LogP contribution in [0, 0.1) is 0 Å². The number of hydrogen-bond acceptors (Lipinski definition) is 3. The molecule has 0 rings (SSSR count). The molecule has 0 N–H and O–H groups in total. The first-order valence-electron chi connectivity index (χ1n) is 4.88. The van der Waals surface area contributed by atoms with E-state index in [0.29, 0.717) is 12.8 Å². The maximum atomic E-state index is 11.0. The second kappa shape index (κ2) is 7.77. The molecule has 13 heavy (non-hydrogen) atoms. The van der Waals surface area contributed by atoms with Crippen LogP contribution in [0.1, 0.15) is 46.0 Å². The van der Waals surface area contributed by atoms with Gasteiger partial charge in [0.2, 0.25) is 0 Å². The lowest BCUT2D eigenvalue weighted by atomic mass is 10.2. The molecule has 0 aromatic heterocycles. The minimum atomic E-state index is -0.254. The highest BCUT2D eigenvalue weighted by Crippen LogP contribution is 2.00. The molecule has 3 nitrogen and oxygen atoms in total. The van der Waals surface area contributed by atoms with Gasteiger partial charge in [-0.1, -0.05) is 26.7 Å². The van der Waals surface area contributed by atoms with Crippen molar-refractivity contribution in [3.8, 4) is 0 Å². The van der Waals surface area contributed by atoms with Crippen LogP contribution in [-0.2, 0) is 14.3 Å². The zero-order valence-electron chi connectivity index (χ0n) is 8.47. The van der Waals surface area contributed by atoms with E-state index in [1.54, 1.807) is 6.92 Å². The molecule has 0 heterocycles. The summed E-state index contributed by atoms with van der Waals surface area (Å²) in [6.45, 7) is 3.78. The van der Waals surface area contributed by atoms with Crippen LogP contribution in [0.4, 0.5) is 0 Å². The van der Waals surface area contributed by atoms with Crippen LogP contribution in [0.2, 0.25) is 0 Å². The van der Waals surface area contributed by atoms with Gasteiger partial charge in [-0.3, -0.25) is 9.59 Å². The molecule has 0 spiro atoms. The van der Waals surface area contributed by atoms with Gasteiger partial charge in [0.15, 0.2) is 5.78 Å². The molecule has 0 unspecified atom stereocenters. The predicted molar refractivity (Wildman–Crippen MR) is 50.4 cm³/mol. The van der Waals surface area contributed by atoms with Crippen LogP contribution in [-0.4, -0.2) is 18.4 Å². The normalized spacial score (nSPS) is 9.69. The van der Waals surface area contributed by atoms with Crippen LogP contribution in [0.3, 0.4) is 0 Å². The van der Waals surface area contributed by atoms with Crippen LogP contribution < -0.4 is 0 Å². The first kappa shape index (κ1) is 12.1. The van der Waals surface area contributed by atoms with Gasteiger partial charge >= 0.3 is 5.97 Å². The van der Waals surface area contributed by atoms with E-state index in [2.05, 4.69) is 6.92 Å². The molecule has 0 aliphatic heterocycles. The molecule has 76 valence electrons. The third kappa shape index (κ3) is 7.50. The van der Waals surface area contributed by atoms with Crippen molar-refractivity contribution >= 4 is 11.8 Å². The van der Waals surface area contributed by atoms with Gasteiger partial charge < -0.3 is 4.74 Å².